The number of aryl methyl sites for hydroxylation is 1. The number of benzene rings is 1. The van der Waals surface area contributed by atoms with E-state index in [1.165, 1.54) is 13.2 Å². The van der Waals surface area contributed by atoms with Crippen molar-refractivity contribution in [1.82, 2.24) is 4.72 Å². The van der Waals surface area contributed by atoms with Crippen molar-refractivity contribution in [1.29, 1.82) is 0 Å². The van der Waals surface area contributed by atoms with Crippen molar-refractivity contribution in [2.45, 2.75) is 30.8 Å². The van der Waals surface area contributed by atoms with Crippen LogP contribution in [0.25, 0.3) is 0 Å². The van der Waals surface area contributed by atoms with Crippen LogP contribution >= 0.6 is 0 Å². The number of sulfonamides is 1. The van der Waals surface area contributed by atoms with E-state index < -0.39 is 10.0 Å². The second-order valence-electron chi connectivity index (χ2n) is 4.85. The van der Waals surface area contributed by atoms with Gasteiger partial charge in [0.15, 0.2) is 0 Å². The van der Waals surface area contributed by atoms with Crippen LogP contribution in [0.5, 0.6) is 5.75 Å². The van der Waals surface area contributed by atoms with Gasteiger partial charge in [-0.3, -0.25) is 0 Å². The van der Waals surface area contributed by atoms with Gasteiger partial charge in [-0.2, -0.15) is 0 Å². The van der Waals surface area contributed by atoms with Crippen molar-refractivity contribution < 1.29 is 17.9 Å². The van der Waals surface area contributed by atoms with Crippen LogP contribution in [0.4, 0.5) is 5.69 Å². The lowest BCUT2D eigenvalue weighted by atomic mass is 10.2. The lowest BCUT2D eigenvalue weighted by molar-refractivity contribution is 0.114. The standard InChI is InChI=1S/C13H20N2O4S/c1-9-6-12(18-2)13(7-11(9)14)20(16,17)15-8-10-4-3-5-19-10/h6-7,10,15H,3-5,8,14H2,1-2H3. The number of hydrogen-bond acceptors (Lipinski definition) is 5. The number of nitrogens with one attached hydrogen (secondary N) is 1. The predicted octanol–water partition coefficient (Wildman–Crippen LogP) is 1.04. The first-order valence-corrected chi connectivity index (χ1v) is 7.97. The molecule has 0 aliphatic carbocycles. The Balaban J connectivity index is 2.21. The van der Waals surface area contributed by atoms with Crippen molar-refractivity contribution in [2.24, 2.45) is 0 Å². The Hall–Kier alpha value is -1.31. The summed E-state index contributed by atoms with van der Waals surface area (Å²) < 4.78 is 37.7. The SMILES string of the molecule is COc1cc(C)c(N)cc1S(=O)(=O)NCC1CCCO1. The van der Waals surface area contributed by atoms with E-state index in [2.05, 4.69) is 4.72 Å². The highest BCUT2D eigenvalue weighted by molar-refractivity contribution is 7.89. The highest BCUT2D eigenvalue weighted by Gasteiger charge is 2.23. The van der Waals surface area contributed by atoms with Crippen LogP contribution in [0.3, 0.4) is 0 Å². The molecule has 1 unspecified atom stereocenters. The van der Waals surface area contributed by atoms with Crippen molar-refractivity contribution in [3.05, 3.63) is 17.7 Å². The molecule has 1 aromatic rings. The summed E-state index contributed by atoms with van der Waals surface area (Å²) in [7, 11) is -2.23. The monoisotopic (exact) mass is 300 g/mol. The number of hydrogen-bond donors (Lipinski definition) is 2. The van der Waals surface area contributed by atoms with E-state index in [-0.39, 0.29) is 23.3 Å². The molecule has 0 spiro atoms. The summed E-state index contributed by atoms with van der Waals surface area (Å²) in [6.45, 7) is 2.75. The van der Waals surface area contributed by atoms with Crippen molar-refractivity contribution in [2.75, 3.05) is 26.0 Å². The maximum absolute atomic E-state index is 12.3. The molecule has 1 heterocycles. The highest BCUT2D eigenvalue weighted by atomic mass is 32.2. The number of ether oxygens (including phenoxy) is 2. The van der Waals surface area contributed by atoms with E-state index in [9.17, 15) is 8.42 Å². The average molecular weight is 300 g/mol. The van der Waals surface area contributed by atoms with Crippen LogP contribution in [0.15, 0.2) is 17.0 Å². The zero-order valence-electron chi connectivity index (χ0n) is 11.7. The summed E-state index contributed by atoms with van der Waals surface area (Å²) in [4.78, 5) is 0.0566. The minimum atomic E-state index is -3.66. The minimum absolute atomic E-state index is 0.0566. The third kappa shape index (κ3) is 3.23. The molecule has 1 aliphatic rings. The Morgan fingerprint density at radius 1 is 1.50 bits per heavy atom. The summed E-state index contributed by atoms with van der Waals surface area (Å²) in [5, 5.41) is 0. The van der Waals surface area contributed by atoms with E-state index in [0.29, 0.717) is 12.3 Å². The fraction of sp³-hybridized carbons (Fsp3) is 0.538. The van der Waals surface area contributed by atoms with Gasteiger partial charge in [-0.25, -0.2) is 13.1 Å². The Morgan fingerprint density at radius 3 is 2.85 bits per heavy atom. The second-order valence-corrected chi connectivity index (χ2v) is 6.58. The maximum Gasteiger partial charge on any atom is 0.244 e. The van der Waals surface area contributed by atoms with Crippen LogP contribution < -0.4 is 15.2 Å². The number of methoxy groups -OCH3 is 1. The molecule has 0 radical (unpaired) electrons. The molecule has 0 aromatic heterocycles. The normalized spacial score (nSPS) is 19.2. The lowest BCUT2D eigenvalue weighted by Gasteiger charge is -2.15. The fourth-order valence-electron chi connectivity index (χ4n) is 2.13. The van der Waals surface area contributed by atoms with Gasteiger partial charge >= 0.3 is 0 Å². The molecule has 0 bridgehead atoms. The van der Waals surface area contributed by atoms with Gasteiger partial charge < -0.3 is 15.2 Å². The molecular formula is C13H20N2O4S. The Morgan fingerprint density at radius 2 is 2.25 bits per heavy atom. The molecule has 7 heteroatoms. The average Bonchev–Trinajstić information content (AvgIpc) is 2.92. The first-order chi connectivity index (χ1) is 9.44. The molecule has 1 saturated heterocycles. The van der Waals surface area contributed by atoms with Gasteiger partial charge in [-0.05, 0) is 37.5 Å². The summed E-state index contributed by atoms with van der Waals surface area (Å²) in [5.74, 6) is 0.288. The van der Waals surface area contributed by atoms with Crippen molar-refractivity contribution >= 4 is 15.7 Å². The Kier molecular flexibility index (Phi) is 4.52. The minimum Gasteiger partial charge on any atom is -0.495 e. The lowest BCUT2D eigenvalue weighted by Crippen LogP contribution is -2.32. The second kappa shape index (κ2) is 5.99. The molecule has 1 aromatic carbocycles. The van der Waals surface area contributed by atoms with Crippen molar-refractivity contribution in [3.63, 3.8) is 0 Å². The van der Waals surface area contributed by atoms with E-state index in [1.54, 1.807) is 13.0 Å². The molecule has 1 fully saturated rings. The largest absolute Gasteiger partial charge is 0.495 e. The third-order valence-corrected chi connectivity index (χ3v) is 4.81. The van der Waals surface area contributed by atoms with Gasteiger partial charge in [0.25, 0.3) is 0 Å². The number of rotatable bonds is 5. The van der Waals surface area contributed by atoms with Gasteiger partial charge in [-0.1, -0.05) is 0 Å². The number of nitrogen functional groups attached to an aromatic ring is 1. The van der Waals surface area contributed by atoms with Crippen LogP contribution in [0.2, 0.25) is 0 Å². The zero-order valence-corrected chi connectivity index (χ0v) is 12.5. The number of anilines is 1. The van der Waals surface area contributed by atoms with Gasteiger partial charge in [0, 0.05) is 18.8 Å². The molecule has 20 heavy (non-hydrogen) atoms. The summed E-state index contributed by atoms with van der Waals surface area (Å²) >= 11 is 0. The molecule has 6 nitrogen and oxygen atoms in total. The van der Waals surface area contributed by atoms with Crippen molar-refractivity contribution in [3.8, 4) is 5.75 Å². The van der Waals surface area contributed by atoms with E-state index in [1.807, 2.05) is 0 Å². The van der Waals surface area contributed by atoms with Gasteiger partial charge in [0.1, 0.15) is 10.6 Å². The van der Waals surface area contributed by atoms with Crippen LogP contribution in [0, 0.1) is 6.92 Å². The smallest absolute Gasteiger partial charge is 0.244 e. The summed E-state index contributed by atoms with van der Waals surface area (Å²) in [5.41, 5.74) is 6.98. The van der Waals surface area contributed by atoms with E-state index in [4.69, 9.17) is 15.2 Å². The van der Waals surface area contributed by atoms with E-state index >= 15 is 0 Å². The molecule has 2 rings (SSSR count). The van der Waals surface area contributed by atoms with Gasteiger partial charge in [0.05, 0.1) is 13.2 Å². The van der Waals surface area contributed by atoms with Gasteiger partial charge in [0.2, 0.25) is 10.0 Å². The summed E-state index contributed by atoms with van der Waals surface area (Å²) in [6.07, 6.45) is 1.78. The number of nitrogens with two attached hydrogens (primary N) is 1. The topological polar surface area (TPSA) is 90.7 Å². The van der Waals surface area contributed by atoms with Crippen LogP contribution in [-0.4, -0.2) is 34.8 Å². The maximum atomic E-state index is 12.3. The molecule has 1 aliphatic heterocycles. The predicted molar refractivity (Wildman–Crippen MR) is 76.3 cm³/mol. The molecule has 112 valence electrons. The zero-order chi connectivity index (χ0) is 14.8. The molecule has 0 saturated carbocycles. The third-order valence-electron chi connectivity index (χ3n) is 3.37. The van der Waals surface area contributed by atoms with Crippen LogP contribution in [0.1, 0.15) is 18.4 Å². The Bertz CT molecular complexity index is 580. The summed E-state index contributed by atoms with van der Waals surface area (Å²) in [6, 6.07) is 3.04. The van der Waals surface area contributed by atoms with Crippen LogP contribution in [-0.2, 0) is 14.8 Å². The first-order valence-electron chi connectivity index (χ1n) is 6.49. The Labute approximate surface area is 119 Å². The fourth-order valence-corrected chi connectivity index (χ4v) is 3.38. The highest BCUT2D eigenvalue weighted by Crippen LogP contribution is 2.28. The molecule has 1 atom stereocenters. The molecule has 0 amide bonds. The molecule has 3 N–H and O–H groups in total. The first kappa shape index (κ1) is 15.1. The van der Waals surface area contributed by atoms with E-state index in [0.717, 1.165) is 18.4 Å². The molecular weight excluding hydrogens is 280 g/mol. The van der Waals surface area contributed by atoms with Gasteiger partial charge in [-0.15, -0.1) is 0 Å². The quantitative estimate of drug-likeness (QED) is 0.793.